The molecular formula is C16H20N6O. The van der Waals surface area contributed by atoms with E-state index in [1.807, 2.05) is 29.8 Å². The van der Waals surface area contributed by atoms with Gasteiger partial charge in [-0.25, -0.2) is 0 Å². The number of hydrogen-bond donors (Lipinski definition) is 2. The average molecular weight is 312 g/mol. The molecule has 7 nitrogen and oxygen atoms in total. The van der Waals surface area contributed by atoms with Gasteiger partial charge in [0.25, 0.3) is 5.91 Å². The lowest BCUT2D eigenvalue weighted by atomic mass is 10.1. The zero-order valence-electron chi connectivity index (χ0n) is 13.5. The topological polar surface area (TPSA) is 88.5 Å². The monoisotopic (exact) mass is 312 g/mol. The third-order valence-electron chi connectivity index (χ3n) is 4.17. The number of H-pyrrole nitrogens is 1. The number of rotatable bonds is 5. The minimum absolute atomic E-state index is 0.185. The number of benzene rings is 1. The Labute approximate surface area is 134 Å². The highest BCUT2D eigenvalue weighted by Crippen LogP contribution is 2.22. The molecule has 2 N–H and O–H groups in total. The zero-order chi connectivity index (χ0) is 16.4. The molecule has 2 heterocycles. The van der Waals surface area contributed by atoms with Gasteiger partial charge in [-0.3, -0.25) is 9.48 Å². The summed E-state index contributed by atoms with van der Waals surface area (Å²) in [6.07, 6.45) is 3.60. The molecule has 0 bridgehead atoms. The fraction of sp³-hybridized carbons (Fsp3) is 0.375. The van der Waals surface area contributed by atoms with Crippen LogP contribution in [0.25, 0.3) is 11.0 Å². The third-order valence-corrected chi connectivity index (χ3v) is 4.17. The normalized spacial score (nSPS) is 11.3. The Morgan fingerprint density at radius 3 is 2.83 bits per heavy atom. The van der Waals surface area contributed by atoms with E-state index in [4.69, 9.17) is 0 Å². The van der Waals surface area contributed by atoms with Crippen LogP contribution in [-0.4, -0.2) is 31.1 Å². The Morgan fingerprint density at radius 1 is 1.30 bits per heavy atom. The number of hydrogen-bond acceptors (Lipinski definition) is 4. The Hall–Kier alpha value is -2.70. The van der Waals surface area contributed by atoms with Gasteiger partial charge in [0, 0.05) is 5.69 Å². The predicted molar refractivity (Wildman–Crippen MR) is 88.4 cm³/mol. The molecule has 1 aromatic carbocycles. The summed E-state index contributed by atoms with van der Waals surface area (Å²) in [5, 5.41) is 18.0. The predicted octanol–water partition coefficient (Wildman–Crippen LogP) is 3.08. The van der Waals surface area contributed by atoms with Crippen molar-refractivity contribution in [2.24, 2.45) is 0 Å². The maximum Gasteiger partial charge on any atom is 0.259 e. The molecule has 120 valence electrons. The fourth-order valence-electron chi connectivity index (χ4n) is 2.81. The molecule has 0 radical (unpaired) electrons. The van der Waals surface area contributed by atoms with Gasteiger partial charge in [-0.2, -0.15) is 20.5 Å². The van der Waals surface area contributed by atoms with Gasteiger partial charge in [-0.05, 0) is 31.9 Å². The number of aromatic nitrogens is 5. The average Bonchev–Trinajstić information content (AvgIpc) is 3.17. The number of fused-ring (bicyclic) bond motifs is 1. The number of carbonyl (C=O) groups excluding carboxylic acids is 1. The first-order valence-corrected chi connectivity index (χ1v) is 7.80. The molecule has 0 fully saturated rings. The largest absolute Gasteiger partial charge is 0.320 e. The van der Waals surface area contributed by atoms with Crippen molar-refractivity contribution in [2.75, 3.05) is 5.32 Å². The van der Waals surface area contributed by atoms with Crippen LogP contribution in [0.15, 0.2) is 24.4 Å². The first-order valence-electron chi connectivity index (χ1n) is 7.80. The van der Waals surface area contributed by atoms with E-state index >= 15 is 0 Å². The van der Waals surface area contributed by atoms with Gasteiger partial charge in [0.2, 0.25) is 0 Å². The second kappa shape index (κ2) is 6.20. The number of anilines is 1. The van der Waals surface area contributed by atoms with E-state index in [-0.39, 0.29) is 5.91 Å². The lowest BCUT2D eigenvalue weighted by molar-refractivity contribution is 0.102. The van der Waals surface area contributed by atoms with Crippen molar-refractivity contribution in [2.45, 2.75) is 39.7 Å². The smallest absolute Gasteiger partial charge is 0.259 e. The molecule has 1 amide bonds. The minimum Gasteiger partial charge on any atom is -0.320 e. The number of carbonyl (C=O) groups is 1. The van der Waals surface area contributed by atoms with Crippen molar-refractivity contribution in [3.05, 3.63) is 35.7 Å². The summed E-state index contributed by atoms with van der Waals surface area (Å²) in [4.78, 5) is 12.6. The van der Waals surface area contributed by atoms with Crippen LogP contribution in [0.2, 0.25) is 0 Å². The van der Waals surface area contributed by atoms with Crippen LogP contribution < -0.4 is 5.32 Å². The molecular weight excluding hydrogens is 292 g/mol. The Kier molecular flexibility index (Phi) is 4.10. The van der Waals surface area contributed by atoms with Crippen molar-refractivity contribution >= 4 is 22.6 Å². The van der Waals surface area contributed by atoms with E-state index in [1.165, 1.54) is 0 Å². The molecule has 0 saturated carbocycles. The van der Waals surface area contributed by atoms with Crippen LogP contribution in [0.3, 0.4) is 0 Å². The first kappa shape index (κ1) is 15.2. The van der Waals surface area contributed by atoms with Crippen molar-refractivity contribution in [1.29, 1.82) is 0 Å². The molecule has 0 atom stereocenters. The van der Waals surface area contributed by atoms with Gasteiger partial charge in [0.05, 0.1) is 23.5 Å². The van der Waals surface area contributed by atoms with E-state index in [1.54, 1.807) is 6.20 Å². The van der Waals surface area contributed by atoms with Crippen LogP contribution in [0.1, 0.15) is 48.8 Å². The summed E-state index contributed by atoms with van der Waals surface area (Å²) in [5.74, 6) is -0.185. The van der Waals surface area contributed by atoms with Crippen molar-refractivity contribution in [1.82, 2.24) is 25.2 Å². The molecule has 7 heteroatoms. The standard InChI is InChI=1S/C16H20N6O/c1-4-11(5-2)22-10(3)12(9-17-22)16(23)18-13-7-6-8-14-15(13)20-21-19-14/h6-9,11H,4-5H2,1-3H3,(H,18,23)(H,19,20,21). The SMILES string of the molecule is CCC(CC)n1ncc(C(=O)Nc2cccc3n[nH]nc23)c1C. The summed E-state index contributed by atoms with van der Waals surface area (Å²) in [5.41, 5.74) is 3.45. The van der Waals surface area contributed by atoms with Crippen LogP contribution in [-0.2, 0) is 0 Å². The van der Waals surface area contributed by atoms with Crippen molar-refractivity contribution in [3.8, 4) is 0 Å². The summed E-state index contributed by atoms with van der Waals surface area (Å²) >= 11 is 0. The Bertz CT molecular complexity index is 830. The van der Waals surface area contributed by atoms with Crippen LogP contribution >= 0.6 is 0 Å². The molecule has 23 heavy (non-hydrogen) atoms. The van der Waals surface area contributed by atoms with Gasteiger partial charge in [-0.1, -0.05) is 19.9 Å². The van der Waals surface area contributed by atoms with E-state index in [9.17, 15) is 4.79 Å². The summed E-state index contributed by atoms with van der Waals surface area (Å²) in [6, 6.07) is 5.80. The van der Waals surface area contributed by atoms with Gasteiger partial charge in [0.15, 0.2) is 0 Å². The maximum atomic E-state index is 12.6. The molecule has 0 saturated heterocycles. The Morgan fingerprint density at radius 2 is 2.09 bits per heavy atom. The van der Waals surface area contributed by atoms with Crippen LogP contribution in [0, 0.1) is 6.92 Å². The highest BCUT2D eigenvalue weighted by atomic mass is 16.1. The maximum absolute atomic E-state index is 12.6. The zero-order valence-corrected chi connectivity index (χ0v) is 13.5. The molecule has 3 rings (SSSR count). The summed E-state index contributed by atoms with van der Waals surface area (Å²) < 4.78 is 1.94. The number of aromatic amines is 1. The number of nitrogens with one attached hydrogen (secondary N) is 2. The molecule has 0 spiro atoms. The van der Waals surface area contributed by atoms with Gasteiger partial charge in [0.1, 0.15) is 11.0 Å². The first-order chi connectivity index (χ1) is 11.2. The highest BCUT2D eigenvalue weighted by Gasteiger charge is 2.19. The number of para-hydroxylation sites is 1. The second-order valence-electron chi connectivity index (χ2n) is 5.51. The fourth-order valence-corrected chi connectivity index (χ4v) is 2.81. The molecule has 3 aromatic rings. The Balaban J connectivity index is 1.88. The highest BCUT2D eigenvalue weighted by molar-refractivity contribution is 6.08. The van der Waals surface area contributed by atoms with E-state index < -0.39 is 0 Å². The second-order valence-corrected chi connectivity index (χ2v) is 5.51. The third kappa shape index (κ3) is 2.69. The quantitative estimate of drug-likeness (QED) is 0.757. The van der Waals surface area contributed by atoms with E-state index in [0.717, 1.165) is 18.5 Å². The molecule has 0 aliphatic carbocycles. The van der Waals surface area contributed by atoms with Crippen LogP contribution in [0.4, 0.5) is 5.69 Å². The summed E-state index contributed by atoms with van der Waals surface area (Å²) in [6.45, 7) is 6.18. The lowest BCUT2D eigenvalue weighted by Gasteiger charge is -2.15. The molecule has 0 aliphatic rings. The van der Waals surface area contributed by atoms with Gasteiger partial charge in [-0.15, -0.1) is 0 Å². The van der Waals surface area contributed by atoms with Crippen molar-refractivity contribution in [3.63, 3.8) is 0 Å². The van der Waals surface area contributed by atoms with Gasteiger partial charge >= 0.3 is 0 Å². The summed E-state index contributed by atoms with van der Waals surface area (Å²) in [7, 11) is 0. The van der Waals surface area contributed by atoms with Crippen LogP contribution in [0.5, 0.6) is 0 Å². The lowest BCUT2D eigenvalue weighted by Crippen LogP contribution is -2.15. The molecule has 2 aromatic heterocycles. The number of nitrogens with zero attached hydrogens (tertiary/aromatic N) is 4. The van der Waals surface area contributed by atoms with E-state index in [0.29, 0.717) is 28.3 Å². The number of amides is 1. The van der Waals surface area contributed by atoms with E-state index in [2.05, 4.69) is 39.7 Å². The minimum atomic E-state index is -0.185. The molecule has 0 unspecified atom stereocenters. The molecule has 0 aliphatic heterocycles. The van der Waals surface area contributed by atoms with Crippen molar-refractivity contribution < 1.29 is 4.79 Å². The van der Waals surface area contributed by atoms with Gasteiger partial charge < -0.3 is 5.32 Å².